The number of aliphatic hydroxyl groups is 1. The van der Waals surface area contributed by atoms with E-state index < -0.39 is 14.7 Å². The molecule has 30 heavy (non-hydrogen) atoms. The number of hydrogen-bond donors (Lipinski definition) is 4. The molecule has 162 valence electrons. The topological polar surface area (TPSA) is 106 Å². The van der Waals surface area contributed by atoms with Gasteiger partial charge in [-0.05, 0) is 36.8 Å². The third kappa shape index (κ3) is 6.24. The van der Waals surface area contributed by atoms with Gasteiger partial charge in [0.2, 0.25) is 5.91 Å². The van der Waals surface area contributed by atoms with Gasteiger partial charge in [0.05, 0.1) is 25.2 Å². The predicted molar refractivity (Wildman–Crippen MR) is 118 cm³/mol. The molecule has 0 aliphatic carbocycles. The fourth-order valence-corrected chi connectivity index (χ4v) is 3.86. The minimum atomic E-state index is -2.28. The zero-order valence-corrected chi connectivity index (χ0v) is 18.0. The molecule has 1 aromatic carbocycles. The smallest absolute Gasteiger partial charge is 0.327 e. The largest absolute Gasteiger partial charge is 0.389 e. The summed E-state index contributed by atoms with van der Waals surface area (Å²) in [5, 5.41) is 11.5. The number of nitrogens with zero attached hydrogens (tertiary/aromatic N) is 1. The van der Waals surface area contributed by atoms with Gasteiger partial charge in [-0.15, -0.1) is 0 Å². The zero-order valence-electron chi connectivity index (χ0n) is 17.1. The number of aryl methyl sites for hydroxylation is 1. The van der Waals surface area contributed by atoms with Crippen LogP contribution in [0.1, 0.15) is 30.5 Å². The van der Waals surface area contributed by atoms with Crippen LogP contribution in [0.2, 0.25) is 0 Å². The number of benzene rings is 1. The first kappa shape index (κ1) is 22.7. The number of β-lactam (4-membered cyclic amide) rings is 1. The van der Waals surface area contributed by atoms with Crippen LogP contribution in [0.25, 0.3) is 10.9 Å². The van der Waals surface area contributed by atoms with Crippen LogP contribution in [-0.2, 0) is 15.7 Å². The summed E-state index contributed by atoms with van der Waals surface area (Å²) in [6.07, 6.45) is 9.35. The first-order valence-electron chi connectivity index (χ1n) is 10.1. The third-order valence-electron chi connectivity index (χ3n) is 5.20. The Balaban J connectivity index is 1.44. The molecule has 1 aromatic heterocycles. The van der Waals surface area contributed by atoms with E-state index in [9.17, 15) is 9.90 Å². The first-order chi connectivity index (χ1) is 14.4. The van der Waals surface area contributed by atoms with Crippen molar-refractivity contribution in [2.45, 2.75) is 44.8 Å². The number of amides is 1. The lowest BCUT2D eigenvalue weighted by molar-refractivity contribution is -0.142. The van der Waals surface area contributed by atoms with Gasteiger partial charge >= 0.3 is 8.60 Å². The molecule has 0 bridgehead atoms. The monoisotopic (exact) mass is 432 g/mol. The molecule has 1 amide bonds. The maximum Gasteiger partial charge on any atom is 0.327 e. The summed E-state index contributed by atoms with van der Waals surface area (Å²) in [6, 6.07) is 8.22. The number of aliphatic hydroxyl groups excluding tert-OH is 1. The Hall–Kier alpha value is -2.02. The summed E-state index contributed by atoms with van der Waals surface area (Å²) in [5.41, 5.74) is 3.27. The van der Waals surface area contributed by atoms with Crippen LogP contribution in [0.5, 0.6) is 0 Å². The Labute approximate surface area is 177 Å². The van der Waals surface area contributed by atoms with E-state index in [1.807, 2.05) is 24.3 Å². The van der Waals surface area contributed by atoms with E-state index in [1.165, 1.54) is 5.56 Å². The number of allylic oxidation sites excluding steroid dienone is 1. The highest BCUT2D eigenvalue weighted by atomic mass is 31.2. The van der Waals surface area contributed by atoms with E-state index >= 15 is 0 Å². The number of H-pyrrole nitrogens is 1. The number of aromatic nitrogens is 1. The molecule has 2 heterocycles. The van der Waals surface area contributed by atoms with Crippen LogP contribution in [0.4, 0.5) is 0 Å². The van der Waals surface area contributed by atoms with E-state index in [0.29, 0.717) is 32.4 Å². The van der Waals surface area contributed by atoms with Crippen molar-refractivity contribution in [1.82, 2.24) is 9.88 Å². The van der Waals surface area contributed by atoms with Crippen molar-refractivity contribution in [1.29, 1.82) is 0 Å². The number of unbranched alkanes of at least 4 members (excludes halogenated alkanes) is 1. The minimum absolute atomic E-state index is 0.0115. The van der Waals surface area contributed by atoms with Crippen molar-refractivity contribution in [2.75, 3.05) is 13.2 Å². The lowest BCUT2D eigenvalue weighted by Gasteiger charge is -2.38. The molecule has 1 aliphatic heterocycles. The molecule has 2 aromatic rings. The number of aromatic amines is 1. The molecule has 1 fully saturated rings. The van der Waals surface area contributed by atoms with E-state index in [2.05, 4.69) is 30.1 Å². The Bertz CT molecular complexity index is 908. The Morgan fingerprint density at radius 1 is 1.37 bits per heavy atom. The van der Waals surface area contributed by atoms with E-state index in [1.54, 1.807) is 11.0 Å². The average Bonchev–Trinajstić information content (AvgIpc) is 3.10. The molecule has 7 nitrogen and oxygen atoms in total. The second-order valence-corrected chi connectivity index (χ2v) is 8.27. The summed E-state index contributed by atoms with van der Waals surface area (Å²) < 4.78 is 4.70. The predicted octanol–water partition coefficient (Wildman–Crippen LogP) is 3.10. The lowest BCUT2D eigenvalue weighted by Crippen LogP contribution is -2.51. The Morgan fingerprint density at radius 3 is 2.93 bits per heavy atom. The molecule has 1 unspecified atom stereocenters. The third-order valence-corrected chi connectivity index (χ3v) is 5.61. The van der Waals surface area contributed by atoms with Gasteiger partial charge in [-0.25, -0.2) is 0 Å². The number of rotatable bonds is 11. The van der Waals surface area contributed by atoms with Crippen molar-refractivity contribution in [3.8, 4) is 0 Å². The highest BCUT2D eigenvalue weighted by Crippen LogP contribution is 2.24. The summed E-state index contributed by atoms with van der Waals surface area (Å²) in [4.78, 5) is 34.3. The fourth-order valence-electron chi connectivity index (χ4n) is 3.57. The molecule has 0 saturated carbocycles. The second kappa shape index (κ2) is 10.8. The summed E-state index contributed by atoms with van der Waals surface area (Å²) in [6.45, 7) is 2.88. The van der Waals surface area contributed by atoms with Crippen LogP contribution in [0, 0.1) is 6.92 Å². The summed E-state index contributed by atoms with van der Waals surface area (Å²) in [5.74, 6) is 0.101. The van der Waals surface area contributed by atoms with Gasteiger partial charge in [-0.3, -0.25) is 4.79 Å². The normalized spacial score (nSPS) is 18.2. The summed E-state index contributed by atoms with van der Waals surface area (Å²) >= 11 is 0. The molecular formula is C22H29N2O5P. The number of para-hydroxylation sites is 1. The first-order valence-corrected chi connectivity index (χ1v) is 11.3. The quantitative estimate of drug-likeness (QED) is 0.189. The van der Waals surface area contributed by atoms with Crippen LogP contribution in [0.15, 0.2) is 48.6 Å². The average molecular weight is 432 g/mol. The maximum absolute atomic E-state index is 11.9. The van der Waals surface area contributed by atoms with E-state index in [0.717, 1.165) is 23.0 Å². The van der Waals surface area contributed by atoms with Crippen LogP contribution >= 0.6 is 8.60 Å². The standard InChI is InChI=1S/C22H29N2O5P/c1-16-7-6-8-17-13-18(23-22(16)17)14-20(25)10-9-19-15-21(26)24(19)11-4-2-3-5-12-29-30(27)28/h2,4,6-10,13,19-20,23,25,27-28H,3,5,11-12,14-15H2,1H3/b4-2-,10-9+/t19-,20?/m0/s1. The molecule has 1 aliphatic rings. The van der Waals surface area contributed by atoms with Gasteiger partial charge in [0.15, 0.2) is 0 Å². The highest BCUT2D eigenvalue weighted by Gasteiger charge is 2.32. The van der Waals surface area contributed by atoms with Crippen molar-refractivity contribution >= 4 is 25.4 Å². The molecule has 2 atom stereocenters. The molecule has 8 heteroatoms. The summed E-state index contributed by atoms with van der Waals surface area (Å²) in [7, 11) is -2.28. The minimum Gasteiger partial charge on any atom is -0.389 e. The van der Waals surface area contributed by atoms with Gasteiger partial charge in [0.25, 0.3) is 0 Å². The molecule has 0 radical (unpaired) electrons. The molecule has 3 rings (SSSR count). The molecular weight excluding hydrogens is 403 g/mol. The number of nitrogens with one attached hydrogen (secondary N) is 1. The Morgan fingerprint density at radius 2 is 2.20 bits per heavy atom. The van der Waals surface area contributed by atoms with Gasteiger partial charge < -0.3 is 29.3 Å². The number of carbonyl (C=O) groups is 1. The number of hydrogen-bond acceptors (Lipinski definition) is 5. The number of fused-ring (bicyclic) bond motifs is 1. The van der Waals surface area contributed by atoms with Gasteiger partial charge in [-0.2, -0.15) is 0 Å². The maximum atomic E-state index is 11.9. The van der Waals surface area contributed by atoms with Crippen molar-refractivity contribution in [3.05, 3.63) is 59.8 Å². The van der Waals surface area contributed by atoms with Crippen LogP contribution < -0.4 is 0 Å². The van der Waals surface area contributed by atoms with E-state index in [4.69, 9.17) is 14.3 Å². The highest BCUT2D eigenvalue weighted by molar-refractivity contribution is 7.39. The van der Waals surface area contributed by atoms with E-state index in [-0.39, 0.29) is 11.9 Å². The van der Waals surface area contributed by atoms with Gasteiger partial charge in [0.1, 0.15) is 0 Å². The van der Waals surface area contributed by atoms with Crippen LogP contribution in [0.3, 0.4) is 0 Å². The lowest BCUT2D eigenvalue weighted by atomic mass is 10.00. The molecule has 1 saturated heterocycles. The van der Waals surface area contributed by atoms with Crippen LogP contribution in [-0.4, -0.2) is 56.0 Å². The molecule has 0 spiro atoms. The zero-order chi connectivity index (χ0) is 21.5. The number of carbonyl (C=O) groups excluding carboxylic acids is 1. The SMILES string of the molecule is Cc1cccc2cc(CC(O)/C=C/[C@H]3CC(=O)N3C/C=C\CCCOP(O)O)[nH]c12. The molecule has 4 N–H and O–H groups in total. The van der Waals surface area contributed by atoms with Crippen molar-refractivity contribution in [3.63, 3.8) is 0 Å². The van der Waals surface area contributed by atoms with Crippen molar-refractivity contribution in [2.24, 2.45) is 0 Å². The van der Waals surface area contributed by atoms with Crippen molar-refractivity contribution < 1.29 is 24.2 Å². The number of likely N-dealkylation sites (tertiary alicyclic amines) is 1. The fraction of sp³-hybridized carbons (Fsp3) is 0.409. The second-order valence-electron chi connectivity index (χ2n) is 7.51. The van der Waals surface area contributed by atoms with Gasteiger partial charge in [0, 0.05) is 24.2 Å². The Kier molecular flexibility index (Phi) is 8.19. The van der Waals surface area contributed by atoms with Gasteiger partial charge in [-0.1, -0.05) is 42.5 Å².